The van der Waals surface area contributed by atoms with Crippen molar-refractivity contribution in [2.45, 2.75) is 39.3 Å². The first-order valence-electron chi connectivity index (χ1n) is 9.07. The molecule has 0 fully saturated rings. The SMILES string of the molecule is CC(=O)Nc1cccc(-c2ccc3c(c2)[C@H](NC(=O)O)C[C@H](C)N3C(C)=O)c1. The second-order valence-corrected chi connectivity index (χ2v) is 7.01. The van der Waals surface area contributed by atoms with Gasteiger partial charge in [-0.1, -0.05) is 18.2 Å². The molecule has 0 unspecified atom stereocenters. The van der Waals surface area contributed by atoms with E-state index in [-0.39, 0.29) is 17.9 Å². The Morgan fingerprint density at radius 1 is 1.07 bits per heavy atom. The van der Waals surface area contributed by atoms with E-state index < -0.39 is 12.1 Å². The van der Waals surface area contributed by atoms with Gasteiger partial charge in [0.2, 0.25) is 11.8 Å². The molecule has 146 valence electrons. The number of fused-ring (bicyclic) bond motifs is 1. The number of nitrogens with zero attached hydrogens (tertiary/aromatic N) is 1. The Kier molecular flexibility index (Phi) is 5.35. The van der Waals surface area contributed by atoms with Gasteiger partial charge >= 0.3 is 6.09 Å². The van der Waals surface area contributed by atoms with Crippen LogP contribution in [0.5, 0.6) is 0 Å². The Balaban J connectivity index is 2.07. The van der Waals surface area contributed by atoms with Crippen LogP contribution in [0.2, 0.25) is 0 Å². The maximum absolute atomic E-state index is 12.2. The van der Waals surface area contributed by atoms with Gasteiger partial charge in [0.05, 0.1) is 6.04 Å². The summed E-state index contributed by atoms with van der Waals surface area (Å²) in [6.07, 6.45) is -0.605. The zero-order chi connectivity index (χ0) is 20.4. The molecule has 0 saturated carbocycles. The van der Waals surface area contributed by atoms with Gasteiger partial charge < -0.3 is 20.6 Å². The molecule has 3 N–H and O–H groups in total. The summed E-state index contributed by atoms with van der Waals surface area (Å²) in [7, 11) is 0. The highest BCUT2D eigenvalue weighted by molar-refractivity contribution is 5.94. The highest BCUT2D eigenvalue weighted by Crippen LogP contribution is 2.39. The summed E-state index contributed by atoms with van der Waals surface area (Å²) in [5.74, 6) is -0.234. The first-order chi connectivity index (χ1) is 13.3. The predicted octanol–water partition coefficient (Wildman–Crippen LogP) is 3.77. The van der Waals surface area contributed by atoms with Gasteiger partial charge in [-0.3, -0.25) is 9.59 Å². The van der Waals surface area contributed by atoms with Crippen LogP contribution in [0.3, 0.4) is 0 Å². The van der Waals surface area contributed by atoms with Gasteiger partial charge in [0, 0.05) is 31.3 Å². The molecule has 3 amide bonds. The van der Waals surface area contributed by atoms with Crippen molar-refractivity contribution >= 4 is 29.3 Å². The number of carbonyl (C=O) groups is 3. The summed E-state index contributed by atoms with van der Waals surface area (Å²) in [5.41, 5.74) is 3.92. The van der Waals surface area contributed by atoms with Crippen molar-refractivity contribution in [3.05, 3.63) is 48.0 Å². The topological polar surface area (TPSA) is 98.7 Å². The van der Waals surface area contributed by atoms with E-state index in [1.165, 1.54) is 13.8 Å². The molecule has 0 saturated heterocycles. The summed E-state index contributed by atoms with van der Waals surface area (Å²) in [6.45, 7) is 4.87. The summed E-state index contributed by atoms with van der Waals surface area (Å²) in [5, 5.41) is 14.6. The summed E-state index contributed by atoms with van der Waals surface area (Å²) in [4.78, 5) is 36.4. The minimum absolute atomic E-state index is 0.0806. The van der Waals surface area contributed by atoms with Crippen LogP contribution in [0.1, 0.15) is 38.8 Å². The van der Waals surface area contributed by atoms with Crippen molar-refractivity contribution in [2.24, 2.45) is 0 Å². The molecule has 3 rings (SSSR count). The fourth-order valence-electron chi connectivity index (χ4n) is 3.79. The lowest BCUT2D eigenvalue weighted by Crippen LogP contribution is -2.45. The molecule has 0 radical (unpaired) electrons. The Morgan fingerprint density at radius 3 is 2.43 bits per heavy atom. The van der Waals surface area contributed by atoms with Gasteiger partial charge in [0.15, 0.2) is 0 Å². The minimum atomic E-state index is -1.10. The Morgan fingerprint density at radius 2 is 1.79 bits per heavy atom. The standard InChI is InChI=1S/C21H23N3O4/c1-12-9-19(23-21(27)28)18-11-16(7-8-20(18)24(12)14(3)26)15-5-4-6-17(10-15)22-13(2)25/h4-8,10-12,19,23H,9H2,1-3H3,(H,22,25)(H,27,28)/t12-,19+/m0/s1. The molecule has 2 aromatic rings. The summed E-state index contributed by atoms with van der Waals surface area (Å²) in [6, 6.07) is 12.6. The molecule has 7 nitrogen and oxygen atoms in total. The smallest absolute Gasteiger partial charge is 0.405 e. The number of amides is 3. The summed E-state index contributed by atoms with van der Waals surface area (Å²) < 4.78 is 0. The molecule has 2 aromatic carbocycles. The highest BCUT2D eigenvalue weighted by atomic mass is 16.4. The van der Waals surface area contributed by atoms with Crippen molar-refractivity contribution in [3.8, 4) is 11.1 Å². The Bertz CT molecular complexity index is 941. The van der Waals surface area contributed by atoms with E-state index in [1.54, 1.807) is 11.0 Å². The summed E-state index contributed by atoms with van der Waals surface area (Å²) >= 11 is 0. The average Bonchev–Trinajstić information content (AvgIpc) is 2.60. The monoisotopic (exact) mass is 381 g/mol. The van der Waals surface area contributed by atoms with Gasteiger partial charge in [-0.15, -0.1) is 0 Å². The van der Waals surface area contributed by atoms with E-state index in [2.05, 4.69) is 10.6 Å². The van der Waals surface area contributed by atoms with E-state index in [1.807, 2.05) is 43.3 Å². The lowest BCUT2D eigenvalue weighted by molar-refractivity contribution is -0.117. The average molecular weight is 381 g/mol. The highest BCUT2D eigenvalue weighted by Gasteiger charge is 2.33. The molecule has 0 aliphatic carbocycles. The van der Waals surface area contributed by atoms with Gasteiger partial charge in [-0.25, -0.2) is 4.79 Å². The van der Waals surface area contributed by atoms with Crippen LogP contribution in [-0.4, -0.2) is 29.1 Å². The predicted molar refractivity (Wildman–Crippen MR) is 107 cm³/mol. The van der Waals surface area contributed by atoms with Crippen LogP contribution in [-0.2, 0) is 9.59 Å². The van der Waals surface area contributed by atoms with Gasteiger partial charge in [-0.2, -0.15) is 0 Å². The van der Waals surface area contributed by atoms with E-state index in [0.29, 0.717) is 17.8 Å². The molecule has 2 atom stereocenters. The second-order valence-electron chi connectivity index (χ2n) is 7.01. The largest absolute Gasteiger partial charge is 0.465 e. The first-order valence-corrected chi connectivity index (χ1v) is 9.07. The van der Waals surface area contributed by atoms with Crippen molar-refractivity contribution in [3.63, 3.8) is 0 Å². The van der Waals surface area contributed by atoms with Crippen molar-refractivity contribution in [2.75, 3.05) is 10.2 Å². The molecule has 1 heterocycles. The second kappa shape index (κ2) is 7.72. The van der Waals surface area contributed by atoms with Crippen LogP contribution >= 0.6 is 0 Å². The number of nitrogens with one attached hydrogen (secondary N) is 2. The maximum atomic E-state index is 12.2. The lowest BCUT2D eigenvalue weighted by atomic mass is 9.89. The maximum Gasteiger partial charge on any atom is 0.405 e. The Hall–Kier alpha value is -3.35. The number of carboxylic acid groups (broad SMARTS) is 1. The van der Waals surface area contributed by atoms with Crippen LogP contribution in [0, 0.1) is 0 Å². The number of rotatable bonds is 3. The zero-order valence-electron chi connectivity index (χ0n) is 16.0. The normalized spacial score (nSPS) is 18.2. The third-order valence-electron chi connectivity index (χ3n) is 4.83. The van der Waals surface area contributed by atoms with E-state index >= 15 is 0 Å². The number of benzene rings is 2. The lowest BCUT2D eigenvalue weighted by Gasteiger charge is -2.39. The molecule has 1 aliphatic rings. The molecule has 28 heavy (non-hydrogen) atoms. The third-order valence-corrected chi connectivity index (χ3v) is 4.83. The molecule has 0 spiro atoms. The van der Waals surface area contributed by atoms with Crippen molar-refractivity contribution in [1.29, 1.82) is 0 Å². The molecule has 0 bridgehead atoms. The number of carbonyl (C=O) groups excluding carboxylic acids is 2. The van der Waals surface area contributed by atoms with Crippen molar-refractivity contribution in [1.82, 2.24) is 5.32 Å². The fourth-order valence-corrected chi connectivity index (χ4v) is 3.79. The van der Waals surface area contributed by atoms with Crippen molar-refractivity contribution < 1.29 is 19.5 Å². The Labute approximate surface area is 163 Å². The number of hydrogen-bond donors (Lipinski definition) is 3. The van der Waals surface area contributed by atoms with Crippen LogP contribution in [0.15, 0.2) is 42.5 Å². The van der Waals surface area contributed by atoms with E-state index in [0.717, 1.165) is 16.7 Å². The van der Waals surface area contributed by atoms with Gasteiger partial charge in [0.25, 0.3) is 0 Å². The first kappa shape index (κ1) is 19.4. The quantitative estimate of drug-likeness (QED) is 0.754. The van der Waals surface area contributed by atoms with E-state index in [4.69, 9.17) is 0 Å². The fraction of sp³-hybridized carbons (Fsp3) is 0.286. The van der Waals surface area contributed by atoms with E-state index in [9.17, 15) is 19.5 Å². The molecule has 7 heteroatoms. The molecular formula is C21H23N3O4. The van der Waals surface area contributed by atoms with Crippen LogP contribution in [0.25, 0.3) is 11.1 Å². The van der Waals surface area contributed by atoms with Gasteiger partial charge in [0.1, 0.15) is 0 Å². The van der Waals surface area contributed by atoms with Crippen LogP contribution < -0.4 is 15.5 Å². The molecule has 1 aliphatic heterocycles. The zero-order valence-corrected chi connectivity index (χ0v) is 16.0. The van der Waals surface area contributed by atoms with Gasteiger partial charge in [-0.05, 0) is 54.3 Å². The third kappa shape index (κ3) is 3.98. The number of anilines is 2. The van der Waals surface area contributed by atoms with Crippen LogP contribution in [0.4, 0.5) is 16.2 Å². The minimum Gasteiger partial charge on any atom is -0.465 e. The molecule has 0 aromatic heterocycles. The number of hydrogen-bond acceptors (Lipinski definition) is 3. The molecular weight excluding hydrogens is 358 g/mol.